The number of carbonyl (C=O) groups excluding carboxylic acids is 1. The molecule has 1 amide bonds. The van der Waals surface area contributed by atoms with Crippen LogP contribution >= 0.6 is 0 Å². The largest absolute Gasteiger partial charge is 0.484 e. The van der Waals surface area contributed by atoms with Gasteiger partial charge in [0.05, 0.1) is 4.90 Å². The Morgan fingerprint density at radius 3 is 2.15 bits per heavy atom. The number of hydrogen-bond acceptors (Lipinski definition) is 4. The molecule has 0 heterocycles. The summed E-state index contributed by atoms with van der Waals surface area (Å²) in [7, 11) is -3.53. The lowest BCUT2D eigenvalue weighted by Crippen LogP contribution is -2.30. The topological polar surface area (TPSA) is 75.7 Å². The average Bonchev–Trinajstić information content (AvgIpc) is 2.62. The van der Waals surface area contributed by atoms with Gasteiger partial charge in [0.25, 0.3) is 5.91 Å². The fraction of sp³-hybridized carbons (Fsp3) is 0.278. The van der Waals surface area contributed by atoms with E-state index in [0.29, 0.717) is 24.5 Å². The Balaban J connectivity index is 1.96. The van der Waals surface area contributed by atoms with Crippen LogP contribution in [-0.2, 0) is 14.8 Å². The van der Waals surface area contributed by atoms with E-state index in [9.17, 15) is 17.6 Å². The molecule has 0 saturated heterocycles. The number of sulfonamides is 1. The van der Waals surface area contributed by atoms with Gasteiger partial charge in [-0.2, -0.15) is 4.31 Å². The third kappa shape index (κ3) is 5.03. The summed E-state index contributed by atoms with van der Waals surface area (Å²) in [6.45, 7) is 4.08. The highest BCUT2D eigenvalue weighted by molar-refractivity contribution is 7.89. The summed E-state index contributed by atoms with van der Waals surface area (Å²) in [5.74, 6) is -0.419. The van der Waals surface area contributed by atoms with Gasteiger partial charge in [-0.3, -0.25) is 4.79 Å². The number of benzene rings is 2. The Bertz CT molecular complexity index is 832. The molecule has 0 radical (unpaired) electrons. The zero-order valence-corrected chi connectivity index (χ0v) is 15.4. The summed E-state index contributed by atoms with van der Waals surface area (Å²) >= 11 is 0. The normalized spacial score (nSPS) is 11.4. The molecule has 0 fully saturated rings. The maximum atomic E-state index is 12.8. The Kier molecular flexibility index (Phi) is 6.70. The maximum absolute atomic E-state index is 12.8. The molecule has 0 saturated carbocycles. The van der Waals surface area contributed by atoms with Gasteiger partial charge in [0.15, 0.2) is 6.61 Å². The first-order valence-corrected chi connectivity index (χ1v) is 9.59. The Morgan fingerprint density at radius 2 is 1.62 bits per heavy atom. The van der Waals surface area contributed by atoms with E-state index >= 15 is 0 Å². The summed E-state index contributed by atoms with van der Waals surface area (Å²) in [5.41, 5.74) is 0.455. The minimum absolute atomic E-state index is 0.168. The van der Waals surface area contributed by atoms with E-state index in [2.05, 4.69) is 5.32 Å². The van der Waals surface area contributed by atoms with Crippen LogP contribution in [0.15, 0.2) is 53.4 Å². The van der Waals surface area contributed by atoms with Crippen LogP contribution in [0.1, 0.15) is 13.8 Å². The van der Waals surface area contributed by atoms with Crippen LogP contribution < -0.4 is 10.1 Å². The van der Waals surface area contributed by atoms with Crippen molar-refractivity contribution in [2.24, 2.45) is 0 Å². The van der Waals surface area contributed by atoms with Crippen molar-refractivity contribution in [1.29, 1.82) is 0 Å². The summed E-state index contributed by atoms with van der Waals surface area (Å²) in [5, 5.41) is 2.61. The van der Waals surface area contributed by atoms with E-state index in [1.54, 1.807) is 13.8 Å². The Labute approximate surface area is 152 Å². The second kappa shape index (κ2) is 8.77. The first-order chi connectivity index (χ1) is 12.4. The maximum Gasteiger partial charge on any atom is 0.262 e. The Morgan fingerprint density at radius 1 is 1.04 bits per heavy atom. The molecule has 2 rings (SSSR count). The number of hydrogen-bond donors (Lipinski definition) is 1. The average molecular weight is 380 g/mol. The van der Waals surface area contributed by atoms with Crippen LogP contribution in [0.2, 0.25) is 0 Å². The molecule has 26 heavy (non-hydrogen) atoms. The molecule has 0 spiro atoms. The lowest BCUT2D eigenvalue weighted by Gasteiger charge is -2.18. The van der Waals surface area contributed by atoms with E-state index < -0.39 is 15.9 Å². The molecule has 0 atom stereocenters. The highest BCUT2D eigenvalue weighted by atomic mass is 32.2. The molecule has 0 aliphatic rings. The van der Waals surface area contributed by atoms with Gasteiger partial charge in [0.2, 0.25) is 10.0 Å². The van der Waals surface area contributed by atoms with Gasteiger partial charge in [0, 0.05) is 18.8 Å². The first kappa shape index (κ1) is 19.9. The molecule has 140 valence electrons. The zero-order valence-electron chi connectivity index (χ0n) is 14.6. The van der Waals surface area contributed by atoms with Gasteiger partial charge in [-0.05, 0) is 48.5 Å². The predicted molar refractivity (Wildman–Crippen MR) is 97.1 cm³/mol. The van der Waals surface area contributed by atoms with E-state index in [0.717, 1.165) is 0 Å². The third-order valence-electron chi connectivity index (χ3n) is 3.66. The van der Waals surface area contributed by atoms with E-state index in [-0.39, 0.29) is 17.3 Å². The summed E-state index contributed by atoms with van der Waals surface area (Å²) in [6, 6.07) is 11.3. The van der Waals surface area contributed by atoms with Crippen LogP contribution in [0.5, 0.6) is 5.75 Å². The lowest BCUT2D eigenvalue weighted by molar-refractivity contribution is -0.118. The molecular weight excluding hydrogens is 359 g/mol. The summed E-state index contributed by atoms with van der Waals surface area (Å²) in [4.78, 5) is 12.1. The number of amides is 1. The number of rotatable bonds is 8. The highest BCUT2D eigenvalue weighted by Gasteiger charge is 2.21. The molecule has 0 aromatic heterocycles. The number of ether oxygens (including phenoxy) is 1. The number of nitrogens with one attached hydrogen (secondary N) is 1. The summed E-state index contributed by atoms with van der Waals surface area (Å²) in [6.07, 6.45) is 0. The monoisotopic (exact) mass is 380 g/mol. The number of anilines is 1. The lowest BCUT2D eigenvalue weighted by atomic mass is 10.3. The van der Waals surface area contributed by atoms with Crippen molar-refractivity contribution >= 4 is 21.6 Å². The van der Waals surface area contributed by atoms with Crippen LogP contribution in [0.25, 0.3) is 0 Å². The van der Waals surface area contributed by atoms with Gasteiger partial charge in [-0.1, -0.05) is 13.8 Å². The number of nitrogens with zero attached hydrogens (tertiary/aromatic N) is 1. The van der Waals surface area contributed by atoms with E-state index in [1.165, 1.54) is 52.8 Å². The molecular formula is C18H21FN2O4S. The van der Waals surface area contributed by atoms with Crippen molar-refractivity contribution in [2.45, 2.75) is 18.7 Å². The van der Waals surface area contributed by atoms with E-state index in [1.807, 2.05) is 0 Å². The molecule has 0 unspecified atom stereocenters. The van der Waals surface area contributed by atoms with Crippen molar-refractivity contribution in [1.82, 2.24) is 4.31 Å². The highest BCUT2D eigenvalue weighted by Crippen LogP contribution is 2.18. The van der Waals surface area contributed by atoms with Crippen molar-refractivity contribution in [3.63, 3.8) is 0 Å². The molecule has 0 aliphatic carbocycles. The molecule has 0 bridgehead atoms. The fourth-order valence-electron chi connectivity index (χ4n) is 2.30. The molecule has 2 aromatic carbocycles. The van der Waals surface area contributed by atoms with Crippen molar-refractivity contribution in [3.8, 4) is 5.75 Å². The minimum Gasteiger partial charge on any atom is -0.484 e. The van der Waals surface area contributed by atoms with Gasteiger partial charge in [-0.25, -0.2) is 12.8 Å². The van der Waals surface area contributed by atoms with Crippen molar-refractivity contribution in [2.75, 3.05) is 25.0 Å². The smallest absolute Gasteiger partial charge is 0.262 e. The summed E-state index contributed by atoms with van der Waals surface area (Å²) < 4.78 is 44.2. The predicted octanol–water partition coefficient (Wildman–Crippen LogP) is 2.87. The van der Waals surface area contributed by atoms with Crippen LogP contribution in [-0.4, -0.2) is 38.3 Å². The van der Waals surface area contributed by atoms with Gasteiger partial charge in [0.1, 0.15) is 11.6 Å². The van der Waals surface area contributed by atoms with E-state index in [4.69, 9.17) is 4.74 Å². The van der Waals surface area contributed by atoms with Crippen LogP contribution in [0, 0.1) is 5.82 Å². The number of halogens is 1. The molecule has 0 aliphatic heterocycles. The van der Waals surface area contributed by atoms with Gasteiger partial charge < -0.3 is 10.1 Å². The molecule has 1 N–H and O–H groups in total. The third-order valence-corrected chi connectivity index (χ3v) is 5.73. The fourth-order valence-corrected chi connectivity index (χ4v) is 3.76. The standard InChI is InChI=1S/C18H21FN2O4S/c1-3-21(4-2)26(23,24)17-11-7-15(8-12-17)20-18(22)13-25-16-9-5-14(19)6-10-16/h5-12H,3-4,13H2,1-2H3,(H,20,22). The van der Waals surface area contributed by atoms with Gasteiger partial charge in [-0.15, -0.1) is 0 Å². The zero-order chi connectivity index (χ0) is 19.2. The van der Waals surface area contributed by atoms with Crippen molar-refractivity contribution in [3.05, 3.63) is 54.3 Å². The second-order valence-corrected chi connectivity index (χ2v) is 7.34. The minimum atomic E-state index is -3.53. The molecule has 8 heteroatoms. The van der Waals surface area contributed by atoms with Gasteiger partial charge >= 0.3 is 0 Å². The number of carbonyl (C=O) groups is 1. The first-order valence-electron chi connectivity index (χ1n) is 8.15. The SMILES string of the molecule is CCN(CC)S(=O)(=O)c1ccc(NC(=O)COc2ccc(F)cc2)cc1. The van der Waals surface area contributed by atoms with Crippen molar-refractivity contribution < 1.29 is 22.3 Å². The van der Waals surface area contributed by atoms with Crippen LogP contribution in [0.3, 0.4) is 0 Å². The second-order valence-electron chi connectivity index (χ2n) is 5.40. The van der Waals surface area contributed by atoms with Crippen LogP contribution in [0.4, 0.5) is 10.1 Å². The molecule has 2 aromatic rings. The molecule has 6 nitrogen and oxygen atoms in total. The quantitative estimate of drug-likeness (QED) is 0.764. The Hall–Kier alpha value is -2.45.